The molecule has 6 nitrogen and oxygen atoms in total. The van der Waals surface area contributed by atoms with Gasteiger partial charge < -0.3 is 15.4 Å². The highest BCUT2D eigenvalue weighted by Gasteiger charge is 2.23. The number of guanidine groups is 1. The van der Waals surface area contributed by atoms with Crippen molar-refractivity contribution >= 4 is 29.9 Å². The van der Waals surface area contributed by atoms with E-state index in [1.807, 2.05) is 36.4 Å². The van der Waals surface area contributed by atoms with Gasteiger partial charge in [0.1, 0.15) is 5.82 Å². The van der Waals surface area contributed by atoms with Crippen LogP contribution in [0.3, 0.4) is 0 Å². The van der Waals surface area contributed by atoms with Gasteiger partial charge in [0.05, 0.1) is 24.9 Å². The van der Waals surface area contributed by atoms with Crippen LogP contribution in [0.2, 0.25) is 0 Å². The minimum Gasteiger partial charge on any atom is -0.379 e. The summed E-state index contributed by atoms with van der Waals surface area (Å²) in [6, 6.07) is 21.1. The molecule has 8 heteroatoms. The average molecular weight is 575 g/mol. The van der Waals surface area contributed by atoms with E-state index in [2.05, 4.69) is 43.7 Å². The number of aliphatic imine (C=N–C) groups is 1. The molecule has 0 aliphatic carbocycles. The summed E-state index contributed by atoms with van der Waals surface area (Å²) in [6.07, 6.45) is 1.80. The van der Waals surface area contributed by atoms with E-state index in [0.29, 0.717) is 26.3 Å². The SMILES string of the molecule is CN=C(NCc1cccc(-c2ccccn2)c1)NCC(c1ccc(F)cc1)N1CCOCC1.I. The van der Waals surface area contributed by atoms with Crippen molar-refractivity contribution in [1.29, 1.82) is 0 Å². The van der Waals surface area contributed by atoms with Gasteiger partial charge in [0.2, 0.25) is 0 Å². The van der Waals surface area contributed by atoms with Gasteiger partial charge in [0, 0.05) is 45.0 Å². The summed E-state index contributed by atoms with van der Waals surface area (Å²) < 4.78 is 19.0. The minimum atomic E-state index is -0.224. The number of ether oxygens (including phenoxy) is 1. The topological polar surface area (TPSA) is 61.8 Å². The van der Waals surface area contributed by atoms with E-state index in [1.54, 1.807) is 13.2 Å². The second kappa shape index (κ2) is 13.4. The Labute approximate surface area is 217 Å². The molecule has 0 amide bonds. The third-order valence-electron chi connectivity index (χ3n) is 5.78. The summed E-state index contributed by atoms with van der Waals surface area (Å²) in [7, 11) is 1.77. The van der Waals surface area contributed by atoms with Crippen LogP contribution < -0.4 is 10.6 Å². The molecule has 0 saturated carbocycles. The number of nitrogens with one attached hydrogen (secondary N) is 2. The van der Waals surface area contributed by atoms with Gasteiger partial charge in [-0.2, -0.15) is 0 Å². The van der Waals surface area contributed by atoms with Crippen molar-refractivity contribution in [1.82, 2.24) is 20.5 Å². The van der Waals surface area contributed by atoms with Gasteiger partial charge in [-0.25, -0.2) is 4.39 Å². The summed E-state index contributed by atoms with van der Waals surface area (Å²) in [5.41, 5.74) is 4.25. The van der Waals surface area contributed by atoms with Gasteiger partial charge in [-0.3, -0.25) is 14.9 Å². The van der Waals surface area contributed by atoms with Crippen molar-refractivity contribution in [3.8, 4) is 11.3 Å². The zero-order valence-corrected chi connectivity index (χ0v) is 21.6. The monoisotopic (exact) mass is 575 g/mol. The van der Waals surface area contributed by atoms with Crippen LogP contribution in [-0.2, 0) is 11.3 Å². The van der Waals surface area contributed by atoms with Crippen molar-refractivity contribution < 1.29 is 9.13 Å². The first kappa shape index (κ1) is 26.1. The fourth-order valence-electron chi connectivity index (χ4n) is 4.01. The zero-order valence-electron chi connectivity index (χ0n) is 19.3. The number of aromatic nitrogens is 1. The lowest BCUT2D eigenvalue weighted by molar-refractivity contribution is 0.0170. The van der Waals surface area contributed by atoms with E-state index in [1.165, 1.54) is 12.1 Å². The number of benzene rings is 2. The Hall–Kier alpha value is -2.56. The molecule has 0 spiro atoms. The Kier molecular flexibility index (Phi) is 10.2. The highest BCUT2D eigenvalue weighted by atomic mass is 127. The van der Waals surface area contributed by atoms with Crippen molar-refractivity contribution in [2.24, 2.45) is 4.99 Å². The van der Waals surface area contributed by atoms with Crippen LogP contribution in [0, 0.1) is 5.82 Å². The third kappa shape index (κ3) is 7.22. The van der Waals surface area contributed by atoms with E-state index in [-0.39, 0.29) is 35.8 Å². The molecule has 1 aliphatic rings. The molecule has 1 aliphatic heterocycles. The number of hydrogen-bond acceptors (Lipinski definition) is 4. The van der Waals surface area contributed by atoms with E-state index < -0.39 is 0 Å². The molecule has 2 aromatic carbocycles. The molecule has 1 unspecified atom stereocenters. The maximum Gasteiger partial charge on any atom is 0.191 e. The van der Waals surface area contributed by atoms with Gasteiger partial charge in [-0.05, 0) is 41.5 Å². The number of morpholine rings is 1. The smallest absolute Gasteiger partial charge is 0.191 e. The number of rotatable bonds is 7. The largest absolute Gasteiger partial charge is 0.379 e. The van der Waals surface area contributed by atoms with Crippen LogP contribution in [0.15, 0.2) is 77.9 Å². The molecule has 1 aromatic heterocycles. The number of halogens is 2. The first-order valence-corrected chi connectivity index (χ1v) is 11.2. The highest BCUT2D eigenvalue weighted by Crippen LogP contribution is 2.22. The molecule has 0 bridgehead atoms. The second-order valence-electron chi connectivity index (χ2n) is 7.94. The lowest BCUT2D eigenvalue weighted by Gasteiger charge is -2.35. The Morgan fingerprint density at radius 3 is 2.56 bits per heavy atom. The predicted molar refractivity (Wildman–Crippen MR) is 145 cm³/mol. The number of pyridine rings is 1. The molecule has 0 radical (unpaired) electrons. The van der Waals surface area contributed by atoms with E-state index in [0.717, 1.165) is 41.4 Å². The third-order valence-corrected chi connectivity index (χ3v) is 5.78. The molecular weight excluding hydrogens is 544 g/mol. The Balaban J connectivity index is 0.00000324. The van der Waals surface area contributed by atoms with Crippen LogP contribution in [0.5, 0.6) is 0 Å². The average Bonchev–Trinajstić information content (AvgIpc) is 2.88. The molecule has 4 rings (SSSR count). The summed E-state index contributed by atoms with van der Waals surface area (Å²) in [6.45, 7) is 4.39. The van der Waals surface area contributed by atoms with Gasteiger partial charge in [0.15, 0.2) is 5.96 Å². The van der Waals surface area contributed by atoms with Crippen molar-refractivity contribution in [2.45, 2.75) is 12.6 Å². The molecule has 180 valence electrons. The molecule has 1 saturated heterocycles. The standard InChI is InChI=1S/C26H30FN5O.HI/c1-28-26(30-18-20-5-4-6-22(17-20)24-7-2-3-12-29-24)31-19-25(32-13-15-33-16-14-32)21-8-10-23(27)11-9-21;/h2-12,17,25H,13-16,18-19H2,1H3,(H2,28,30,31);1H. The van der Waals surface area contributed by atoms with Crippen LogP contribution in [-0.4, -0.2) is 55.7 Å². The van der Waals surface area contributed by atoms with E-state index in [9.17, 15) is 4.39 Å². The fraction of sp³-hybridized carbons (Fsp3) is 0.308. The Morgan fingerprint density at radius 2 is 1.85 bits per heavy atom. The lowest BCUT2D eigenvalue weighted by Crippen LogP contribution is -2.46. The molecule has 2 heterocycles. The molecule has 3 aromatic rings. The zero-order chi connectivity index (χ0) is 22.9. The highest BCUT2D eigenvalue weighted by molar-refractivity contribution is 14.0. The summed E-state index contributed by atoms with van der Waals surface area (Å²) in [4.78, 5) is 11.2. The van der Waals surface area contributed by atoms with Gasteiger partial charge in [0.25, 0.3) is 0 Å². The van der Waals surface area contributed by atoms with Crippen molar-refractivity contribution in [2.75, 3.05) is 39.9 Å². The van der Waals surface area contributed by atoms with Crippen LogP contribution in [0.25, 0.3) is 11.3 Å². The first-order chi connectivity index (χ1) is 16.2. The Morgan fingerprint density at radius 1 is 1.06 bits per heavy atom. The van der Waals surface area contributed by atoms with Crippen LogP contribution >= 0.6 is 24.0 Å². The van der Waals surface area contributed by atoms with Crippen LogP contribution in [0.1, 0.15) is 17.2 Å². The minimum absolute atomic E-state index is 0. The fourth-order valence-corrected chi connectivity index (χ4v) is 4.01. The molecule has 34 heavy (non-hydrogen) atoms. The van der Waals surface area contributed by atoms with E-state index in [4.69, 9.17) is 4.74 Å². The van der Waals surface area contributed by atoms with Crippen LogP contribution in [0.4, 0.5) is 4.39 Å². The maximum absolute atomic E-state index is 13.5. The van der Waals surface area contributed by atoms with Gasteiger partial charge in [-0.15, -0.1) is 24.0 Å². The molecular formula is C26H31FIN5O. The second-order valence-corrected chi connectivity index (χ2v) is 7.94. The molecule has 2 N–H and O–H groups in total. The Bertz CT molecular complexity index is 1040. The summed E-state index contributed by atoms with van der Waals surface area (Å²) in [5, 5.41) is 6.85. The predicted octanol–water partition coefficient (Wildman–Crippen LogP) is 4.24. The number of hydrogen-bond donors (Lipinski definition) is 2. The maximum atomic E-state index is 13.5. The van der Waals surface area contributed by atoms with Gasteiger partial charge >= 0.3 is 0 Å². The number of nitrogens with zero attached hydrogens (tertiary/aromatic N) is 3. The summed E-state index contributed by atoms with van der Waals surface area (Å²) in [5.74, 6) is 0.497. The first-order valence-electron chi connectivity index (χ1n) is 11.2. The van der Waals surface area contributed by atoms with E-state index >= 15 is 0 Å². The van der Waals surface area contributed by atoms with Gasteiger partial charge in [-0.1, -0.05) is 36.4 Å². The lowest BCUT2D eigenvalue weighted by atomic mass is 10.0. The normalized spacial score (nSPS) is 15.3. The van der Waals surface area contributed by atoms with Crippen molar-refractivity contribution in [3.63, 3.8) is 0 Å². The quantitative estimate of drug-likeness (QED) is 0.251. The molecule has 1 fully saturated rings. The summed E-state index contributed by atoms with van der Waals surface area (Å²) >= 11 is 0. The van der Waals surface area contributed by atoms with Crippen molar-refractivity contribution in [3.05, 3.63) is 89.9 Å². The molecule has 1 atom stereocenters.